The third kappa shape index (κ3) is 4.30. The molecule has 146 valence electrons. The Morgan fingerprint density at radius 2 is 2.19 bits per heavy atom. The Balaban J connectivity index is 1.73. The van der Waals surface area contributed by atoms with E-state index in [4.69, 9.17) is 9.15 Å². The molecule has 0 unspecified atom stereocenters. The van der Waals surface area contributed by atoms with E-state index in [0.29, 0.717) is 12.5 Å². The van der Waals surface area contributed by atoms with Crippen LogP contribution in [0.2, 0.25) is 0 Å². The fourth-order valence-corrected chi connectivity index (χ4v) is 4.50. The van der Waals surface area contributed by atoms with Crippen molar-refractivity contribution in [2.24, 2.45) is 11.3 Å². The summed E-state index contributed by atoms with van der Waals surface area (Å²) >= 11 is 0. The molecule has 0 aliphatic carbocycles. The smallest absolute Gasteiger partial charge is 0.313 e. The lowest BCUT2D eigenvalue weighted by molar-refractivity contribution is -0.157. The van der Waals surface area contributed by atoms with Crippen molar-refractivity contribution in [1.29, 1.82) is 0 Å². The largest absolute Gasteiger partial charge is 0.468 e. The van der Waals surface area contributed by atoms with Crippen LogP contribution in [0.25, 0.3) is 0 Å². The number of furan rings is 1. The van der Waals surface area contributed by atoms with Gasteiger partial charge in [-0.15, -0.1) is 0 Å². The summed E-state index contributed by atoms with van der Waals surface area (Å²) in [4.78, 5) is 20.1. The van der Waals surface area contributed by atoms with E-state index in [0.717, 1.165) is 64.4 Å². The van der Waals surface area contributed by atoms with Crippen molar-refractivity contribution in [3.63, 3.8) is 0 Å². The van der Waals surface area contributed by atoms with Crippen LogP contribution in [0.5, 0.6) is 0 Å². The van der Waals surface area contributed by atoms with E-state index in [9.17, 15) is 4.79 Å². The van der Waals surface area contributed by atoms with Crippen molar-refractivity contribution in [3.8, 4) is 0 Å². The number of fused-ring (bicyclic) bond motifs is 1. The Hall–Kier alpha value is -1.37. The summed E-state index contributed by atoms with van der Waals surface area (Å²) in [5, 5.41) is 0. The Morgan fingerprint density at radius 1 is 1.38 bits per heavy atom. The van der Waals surface area contributed by atoms with Crippen molar-refractivity contribution in [2.45, 2.75) is 26.3 Å². The summed E-state index contributed by atoms with van der Waals surface area (Å²) in [6.45, 7) is 8.95. The molecule has 0 aromatic carbocycles. The molecule has 0 saturated carbocycles. The van der Waals surface area contributed by atoms with E-state index < -0.39 is 0 Å². The van der Waals surface area contributed by atoms with Gasteiger partial charge in [-0.25, -0.2) is 0 Å². The average molecular weight is 364 g/mol. The number of nitrogens with zero attached hydrogens (tertiary/aromatic N) is 3. The van der Waals surface area contributed by atoms with Crippen LogP contribution in [0.4, 0.5) is 0 Å². The summed E-state index contributed by atoms with van der Waals surface area (Å²) in [5.41, 5.74) is -0.347. The lowest BCUT2D eigenvalue weighted by Gasteiger charge is -2.31. The van der Waals surface area contributed by atoms with Gasteiger partial charge >= 0.3 is 5.97 Å². The monoisotopic (exact) mass is 363 g/mol. The minimum atomic E-state index is -0.347. The molecule has 1 aromatic heterocycles. The zero-order valence-electron chi connectivity index (χ0n) is 16.4. The quantitative estimate of drug-likeness (QED) is 0.690. The molecular weight excluding hydrogens is 330 g/mol. The van der Waals surface area contributed by atoms with Crippen molar-refractivity contribution in [3.05, 3.63) is 24.2 Å². The molecule has 6 heteroatoms. The van der Waals surface area contributed by atoms with Crippen molar-refractivity contribution in [2.75, 3.05) is 60.0 Å². The molecule has 1 aromatic rings. The van der Waals surface area contributed by atoms with Gasteiger partial charge in [0.15, 0.2) is 0 Å². The number of rotatable bonds is 7. The SMILES string of the molecule is CCOC(=O)[C@]12CCCN(Cc3ccco3)C[C@H]1CN(CCN(C)C)C2. The van der Waals surface area contributed by atoms with Crippen LogP contribution in [0.1, 0.15) is 25.5 Å². The van der Waals surface area contributed by atoms with Gasteiger partial charge < -0.3 is 19.0 Å². The van der Waals surface area contributed by atoms with Gasteiger partial charge in [0.05, 0.1) is 24.8 Å². The number of carbonyl (C=O) groups excluding carboxylic acids is 1. The Bertz CT molecular complexity index is 575. The zero-order valence-corrected chi connectivity index (χ0v) is 16.4. The maximum absolute atomic E-state index is 13.0. The topological polar surface area (TPSA) is 49.2 Å². The van der Waals surface area contributed by atoms with Crippen LogP contribution in [0.15, 0.2) is 22.8 Å². The molecular formula is C20H33N3O3. The molecule has 2 saturated heterocycles. The van der Waals surface area contributed by atoms with Gasteiger partial charge in [0.25, 0.3) is 0 Å². The van der Waals surface area contributed by atoms with Crippen molar-refractivity contribution >= 4 is 5.97 Å². The highest BCUT2D eigenvalue weighted by Crippen LogP contribution is 2.43. The van der Waals surface area contributed by atoms with E-state index in [2.05, 4.69) is 28.8 Å². The lowest BCUT2D eigenvalue weighted by atomic mass is 9.75. The van der Waals surface area contributed by atoms with Gasteiger partial charge in [-0.05, 0) is 52.5 Å². The number of esters is 1. The molecule has 0 radical (unpaired) electrons. The third-order valence-corrected chi connectivity index (χ3v) is 5.85. The van der Waals surface area contributed by atoms with Crippen molar-refractivity contribution in [1.82, 2.24) is 14.7 Å². The normalized spacial score (nSPS) is 27.5. The fraction of sp³-hybridized carbons (Fsp3) is 0.750. The van der Waals surface area contributed by atoms with E-state index in [1.54, 1.807) is 6.26 Å². The first kappa shape index (κ1) is 19.4. The second-order valence-electron chi connectivity index (χ2n) is 8.03. The molecule has 3 heterocycles. The molecule has 2 fully saturated rings. The van der Waals surface area contributed by atoms with E-state index in [1.807, 2.05) is 19.1 Å². The van der Waals surface area contributed by atoms with Gasteiger partial charge in [0, 0.05) is 38.6 Å². The van der Waals surface area contributed by atoms with E-state index >= 15 is 0 Å². The molecule has 6 nitrogen and oxygen atoms in total. The highest BCUT2D eigenvalue weighted by Gasteiger charge is 2.53. The molecule has 3 rings (SSSR count). The standard InChI is InChI=1S/C20H33N3O3/c1-4-25-19(24)20-8-6-9-22(15-18-7-5-12-26-18)13-17(20)14-23(16-20)11-10-21(2)3/h5,7,12,17H,4,6,8-11,13-16H2,1-3H3/t17-,20-/m0/s1. The highest BCUT2D eigenvalue weighted by atomic mass is 16.5. The molecule has 0 spiro atoms. The molecule has 2 atom stereocenters. The number of likely N-dealkylation sites (tertiary alicyclic amines) is 2. The van der Waals surface area contributed by atoms with Crippen LogP contribution >= 0.6 is 0 Å². The lowest BCUT2D eigenvalue weighted by Crippen LogP contribution is -2.42. The van der Waals surface area contributed by atoms with Crippen LogP contribution in [-0.2, 0) is 16.1 Å². The minimum absolute atomic E-state index is 0.0113. The van der Waals surface area contributed by atoms with Gasteiger partial charge in [-0.2, -0.15) is 0 Å². The average Bonchev–Trinajstić information content (AvgIpc) is 3.18. The van der Waals surface area contributed by atoms with Crippen LogP contribution in [0, 0.1) is 11.3 Å². The summed E-state index contributed by atoms with van der Waals surface area (Å²) in [6.07, 6.45) is 3.68. The first-order chi connectivity index (χ1) is 12.5. The number of likely N-dealkylation sites (N-methyl/N-ethyl adjacent to an activating group) is 1. The summed E-state index contributed by atoms with van der Waals surface area (Å²) in [6, 6.07) is 3.97. The van der Waals surface area contributed by atoms with Crippen LogP contribution in [0.3, 0.4) is 0 Å². The predicted octanol–water partition coefficient (Wildman–Crippen LogP) is 1.92. The van der Waals surface area contributed by atoms with E-state index in [-0.39, 0.29) is 11.4 Å². The summed E-state index contributed by atoms with van der Waals surface area (Å²) < 4.78 is 11.1. The Morgan fingerprint density at radius 3 is 2.88 bits per heavy atom. The molecule has 2 aliphatic rings. The van der Waals surface area contributed by atoms with Gasteiger partial charge in [-0.3, -0.25) is 9.69 Å². The number of carbonyl (C=O) groups is 1. The van der Waals surface area contributed by atoms with Gasteiger partial charge in [0.1, 0.15) is 5.76 Å². The first-order valence-electron chi connectivity index (χ1n) is 9.82. The number of hydrogen-bond donors (Lipinski definition) is 0. The second kappa shape index (κ2) is 8.55. The minimum Gasteiger partial charge on any atom is -0.468 e. The first-order valence-corrected chi connectivity index (χ1v) is 9.82. The molecule has 2 aliphatic heterocycles. The molecule has 0 bridgehead atoms. The van der Waals surface area contributed by atoms with Gasteiger partial charge in [-0.1, -0.05) is 0 Å². The third-order valence-electron chi connectivity index (χ3n) is 5.85. The molecule has 0 N–H and O–H groups in total. The van der Waals surface area contributed by atoms with Crippen LogP contribution < -0.4 is 0 Å². The second-order valence-corrected chi connectivity index (χ2v) is 8.03. The number of hydrogen-bond acceptors (Lipinski definition) is 6. The highest BCUT2D eigenvalue weighted by molar-refractivity contribution is 5.78. The summed E-state index contributed by atoms with van der Waals surface area (Å²) in [7, 11) is 4.20. The van der Waals surface area contributed by atoms with Crippen molar-refractivity contribution < 1.29 is 13.9 Å². The summed E-state index contributed by atoms with van der Waals surface area (Å²) in [5.74, 6) is 1.33. The predicted molar refractivity (Wildman–Crippen MR) is 101 cm³/mol. The maximum Gasteiger partial charge on any atom is 0.313 e. The molecule has 26 heavy (non-hydrogen) atoms. The Kier molecular flexibility index (Phi) is 6.37. The van der Waals surface area contributed by atoms with Gasteiger partial charge in [0.2, 0.25) is 0 Å². The van der Waals surface area contributed by atoms with Crippen LogP contribution in [-0.4, -0.2) is 80.6 Å². The molecule has 0 amide bonds. The fourth-order valence-electron chi connectivity index (χ4n) is 4.50. The Labute approximate surface area is 157 Å². The van der Waals surface area contributed by atoms with E-state index in [1.165, 1.54) is 0 Å². The maximum atomic E-state index is 13.0. The zero-order chi connectivity index (χ0) is 18.6. The number of ether oxygens (including phenoxy) is 1.